The summed E-state index contributed by atoms with van der Waals surface area (Å²) < 4.78 is 0.556. The van der Waals surface area contributed by atoms with Crippen molar-refractivity contribution in [2.24, 2.45) is 0 Å². The zero-order chi connectivity index (χ0) is 12.3. The minimum atomic E-state index is -0.242. The van der Waals surface area contributed by atoms with Crippen molar-refractivity contribution >= 4 is 5.91 Å². The molecule has 0 aliphatic rings. The van der Waals surface area contributed by atoms with E-state index in [9.17, 15) is 10.0 Å². The Morgan fingerprint density at radius 1 is 1.35 bits per heavy atom. The fraction of sp³-hybridized carbons (Fsp3) is 0.500. The second-order valence-electron chi connectivity index (χ2n) is 4.24. The molecule has 88 valence electrons. The smallest absolute Gasteiger partial charge is 0.620 e. The Labute approximate surface area is 114 Å². The Morgan fingerprint density at radius 3 is 2.29 bits per heavy atom. The van der Waals surface area contributed by atoms with E-state index in [-0.39, 0.29) is 42.5 Å². The number of amides is 1. The number of nitrogens with zero attached hydrogens (tertiary/aromatic N) is 2. The molecule has 0 atom stereocenters. The van der Waals surface area contributed by atoms with Crippen LogP contribution in [-0.2, 0) is 0 Å². The van der Waals surface area contributed by atoms with Crippen molar-refractivity contribution in [2.45, 2.75) is 39.8 Å². The van der Waals surface area contributed by atoms with Crippen LogP contribution in [0.4, 0.5) is 0 Å². The number of aromatic nitrogens is 1. The Kier molecular flexibility index (Phi) is 6.29. The third kappa shape index (κ3) is 3.76. The van der Waals surface area contributed by atoms with Crippen molar-refractivity contribution in [2.75, 3.05) is 0 Å². The average Bonchev–Trinajstić information content (AvgIpc) is 2.16. The largest absolute Gasteiger partial charge is 1.00 e. The summed E-state index contributed by atoms with van der Waals surface area (Å²) in [4.78, 5) is 13.8. The summed E-state index contributed by atoms with van der Waals surface area (Å²) in [6.45, 7) is 7.73. The van der Waals surface area contributed by atoms with Crippen LogP contribution in [0.1, 0.15) is 38.2 Å². The van der Waals surface area contributed by atoms with E-state index in [4.69, 9.17) is 0 Å². The molecule has 0 radical (unpaired) electrons. The quantitative estimate of drug-likeness (QED) is 0.270. The second kappa shape index (κ2) is 6.68. The molecule has 0 spiro atoms. The number of pyridine rings is 1. The monoisotopic (exact) mass is 228 g/mol. The van der Waals surface area contributed by atoms with Gasteiger partial charge in [-0.3, -0.25) is 4.79 Å². The molecule has 0 unspecified atom stereocenters. The van der Waals surface area contributed by atoms with Crippen LogP contribution >= 0.6 is 0 Å². The second-order valence-corrected chi connectivity index (χ2v) is 4.24. The van der Waals surface area contributed by atoms with Crippen LogP contribution in [0.2, 0.25) is 0 Å². The summed E-state index contributed by atoms with van der Waals surface area (Å²) in [6.07, 6.45) is 1.21. The van der Waals surface area contributed by atoms with Gasteiger partial charge in [0.15, 0.2) is 0 Å². The number of hydrogen-bond acceptors (Lipinski definition) is 2. The first-order chi connectivity index (χ1) is 7.45. The van der Waals surface area contributed by atoms with E-state index < -0.39 is 0 Å². The number of hydrogen-bond donors (Lipinski definition) is 0. The van der Waals surface area contributed by atoms with Gasteiger partial charge < -0.3 is 10.1 Å². The van der Waals surface area contributed by atoms with Gasteiger partial charge in [-0.25, -0.2) is 10.8 Å². The van der Waals surface area contributed by atoms with E-state index in [1.54, 1.807) is 11.0 Å². The molecule has 1 aromatic rings. The van der Waals surface area contributed by atoms with Crippen LogP contribution in [0.25, 0.3) is 0 Å². The standard InChI is InChI=1S/C12H17N2O2.Li/c1-9(2)14(10(3)4)12(15)11-7-5-6-8-13(11)16;/h5,7-10H,1-4H3;/q-1;+1. The molecule has 0 fully saturated rings. The molecule has 17 heavy (non-hydrogen) atoms. The summed E-state index contributed by atoms with van der Waals surface area (Å²) in [5, 5.41) is 11.4. The van der Waals surface area contributed by atoms with Crippen LogP contribution in [0.5, 0.6) is 0 Å². The molecule has 0 bridgehead atoms. The van der Waals surface area contributed by atoms with Gasteiger partial charge in [0.2, 0.25) is 5.69 Å². The minimum absolute atomic E-state index is 0. The van der Waals surface area contributed by atoms with Crippen molar-refractivity contribution < 1.29 is 28.4 Å². The van der Waals surface area contributed by atoms with Gasteiger partial charge in [0.25, 0.3) is 0 Å². The van der Waals surface area contributed by atoms with Gasteiger partial charge in [0, 0.05) is 12.1 Å². The topological polar surface area (TPSA) is 47.2 Å². The third-order valence-electron chi connectivity index (χ3n) is 2.33. The van der Waals surface area contributed by atoms with E-state index in [0.717, 1.165) is 0 Å². The molecule has 4 nitrogen and oxygen atoms in total. The first-order valence-electron chi connectivity index (χ1n) is 5.37. The summed E-state index contributed by atoms with van der Waals surface area (Å²) in [6, 6.07) is 5.83. The molecule has 0 saturated heterocycles. The SMILES string of the molecule is CC(C)N(C(=O)c1cc[c-]c[n+]1[O-])C(C)C.[Li+]. The molecule has 5 heteroatoms. The Bertz CT molecular complexity index is 373. The van der Waals surface area contributed by atoms with Gasteiger partial charge in [0.05, 0.1) is 6.20 Å². The van der Waals surface area contributed by atoms with Crippen LogP contribution in [0.15, 0.2) is 18.3 Å². The van der Waals surface area contributed by atoms with Crippen molar-refractivity contribution in [3.8, 4) is 0 Å². The van der Waals surface area contributed by atoms with E-state index in [0.29, 0.717) is 4.73 Å². The van der Waals surface area contributed by atoms with Gasteiger partial charge in [-0.2, -0.15) is 6.07 Å². The predicted molar refractivity (Wildman–Crippen MR) is 60.7 cm³/mol. The number of carbonyl (C=O) groups excluding carboxylic acids is 1. The Hall–Kier alpha value is -0.983. The molecular weight excluding hydrogens is 211 g/mol. The van der Waals surface area contributed by atoms with Gasteiger partial charge in [0.1, 0.15) is 0 Å². The normalized spacial score (nSPS) is 10.2. The summed E-state index contributed by atoms with van der Waals surface area (Å²) >= 11 is 0. The van der Waals surface area contributed by atoms with Crippen LogP contribution < -0.4 is 23.6 Å². The molecule has 0 aliphatic carbocycles. The molecular formula is C12H17LiN2O2. The average molecular weight is 228 g/mol. The van der Waals surface area contributed by atoms with Crippen molar-refractivity contribution in [3.63, 3.8) is 0 Å². The fourth-order valence-corrected chi connectivity index (χ4v) is 1.74. The fourth-order valence-electron chi connectivity index (χ4n) is 1.74. The van der Waals surface area contributed by atoms with E-state index in [2.05, 4.69) is 6.07 Å². The third-order valence-corrected chi connectivity index (χ3v) is 2.33. The van der Waals surface area contributed by atoms with Crippen LogP contribution in [-0.4, -0.2) is 22.9 Å². The van der Waals surface area contributed by atoms with Crippen LogP contribution in [0.3, 0.4) is 0 Å². The van der Waals surface area contributed by atoms with Crippen molar-refractivity contribution in [1.82, 2.24) is 4.90 Å². The van der Waals surface area contributed by atoms with Crippen molar-refractivity contribution in [1.29, 1.82) is 0 Å². The number of rotatable bonds is 3. The van der Waals surface area contributed by atoms with E-state index >= 15 is 0 Å². The molecule has 0 aromatic carbocycles. The maximum Gasteiger partial charge on any atom is 1.00 e. The zero-order valence-corrected chi connectivity index (χ0v) is 11.1. The molecule has 0 N–H and O–H groups in total. The zero-order valence-electron chi connectivity index (χ0n) is 11.1. The van der Waals surface area contributed by atoms with Gasteiger partial charge in [-0.05, 0) is 27.7 Å². The van der Waals surface area contributed by atoms with Gasteiger partial charge >= 0.3 is 24.8 Å². The van der Waals surface area contributed by atoms with E-state index in [1.165, 1.54) is 12.3 Å². The maximum atomic E-state index is 12.1. The first kappa shape index (κ1) is 16.0. The van der Waals surface area contributed by atoms with Gasteiger partial charge in [-0.15, -0.1) is 6.07 Å². The molecule has 1 rings (SSSR count). The van der Waals surface area contributed by atoms with Crippen molar-refractivity contribution in [3.05, 3.63) is 35.3 Å². The molecule has 1 heterocycles. The molecule has 0 aliphatic heterocycles. The van der Waals surface area contributed by atoms with E-state index in [1.807, 2.05) is 27.7 Å². The molecule has 1 aromatic heterocycles. The first-order valence-corrected chi connectivity index (χ1v) is 5.37. The molecule has 0 saturated carbocycles. The predicted octanol–water partition coefficient (Wildman–Crippen LogP) is -1.62. The minimum Gasteiger partial charge on any atom is -0.620 e. The maximum absolute atomic E-state index is 12.1. The van der Waals surface area contributed by atoms with Gasteiger partial charge in [-0.1, -0.05) is 0 Å². The summed E-state index contributed by atoms with van der Waals surface area (Å²) in [5.41, 5.74) is 0.140. The summed E-state index contributed by atoms with van der Waals surface area (Å²) in [7, 11) is 0. The Balaban J connectivity index is 0.00000256. The molecule has 1 amide bonds. The summed E-state index contributed by atoms with van der Waals surface area (Å²) in [5.74, 6) is -0.242. The van der Waals surface area contributed by atoms with Crippen LogP contribution in [0, 0.1) is 11.3 Å². The number of carbonyl (C=O) groups is 1. The Morgan fingerprint density at radius 2 is 1.88 bits per heavy atom.